The van der Waals surface area contributed by atoms with Gasteiger partial charge < -0.3 is 0 Å². The van der Waals surface area contributed by atoms with Gasteiger partial charge in [0.05, 0.1) is 0 Å². The highest BCUT2D eigenvalue weighted by molar-refractivity contribution is 5.75. The highest BCUT2D eigenvalue weighted by atomic mass is 16.2. The molecule has 0 aliphatic heterocycles. The van der Waals surface area contributed by atoms with E-state index in [0.717, 1.165) is 12.3 Å². The Morgan fingerprint density at radius 2 is 2.33 bits per heavy atom. The summed E-state index contributed by atoms with van der Waals surface area (Å²) in [5.74, 6) is 5.66. The van der Waals surface area contributed by atoms with Crippen LogP contribution in [0.1, 0.15) is 25.7 Å². The molecule has 0 unspecified atom stereocenters. The maximum atomic E-state index is 10.5. The molecule has 52 valence electrons. The lowest BCUT2D eigenvalue weighted by Crippen LogP contribution is -2.29. The highest BCUT2D eigenvalue weighted by Gasteiger charge is 2.21. The largest absolute Gasteiger partial charge is 0.294 e. The fraction of sp³-hybridized carbons (Fsp3) is 0.833. The number of amides is 1. The van der Waals surface area contributed by atoms with Crippen molar-refractivity contribution >= 4 is 5.91 Å². The number of nitrogens with one attached hydrogen (secondary N) is 1. The zero-order valence-corrected chi connectivity index (χ0v) is 5.39. The maximum Gasteiger partial charge on any atom is 0.233 e. The Bertz CT molecular complexity index is 110. The smallest absolute Gasteiger partial charge is 0.233 e. The van der Waals surface area contributed by atoms with Gasteiger partial charge in [-0.15, -0.1) is 0 Å². The summed E-state index contributed by atoms with van der Waals surface area (Å²) in [5.41, 5.74) is 2.11. The summed E-state index contributed by atoms with van der Waals surface area (Å²) < 4.78 is 0. The molecule has 0 atom stereocenters. The van der Waals surface area contributed by atoms with Crippen LogP contribution in [0.4, 0.5) is 0 Å². The third kappa shape index (κ3) is 2.46. The summed E-state index contributed by atoms with van der Waals surface area (Å²) in [6.45, 7) is 0. The molecule has 9 heavy (non-hydrogen) atoms. The van der Waals surface area contributed by atoms with Crippen LogP contribution in [-0.4, -0.2) is 5.91 Å². The fourth-order valence-corrected chi connectivity index (χ4v) is 0.814. The Morgan fingerprint density at radius 1 is 1.67 bits per heavy atom. The molecule has 0 aromatic carbocycles. The van der Waals surface area contributed by atoms with Gasteiger partial charge in [0.1, 0.15) is 0 Å². The lowest BCUT2D eigenvalue weighted by molar-refractivity contribution is -0.121. The maximum absolute atomic E-state index is 10.5. The molecule has 0 saturated heterocycles. The molecule has 1 saturated carbocycles. The number of hydrogen-bond acceptors (Lipinski definition) is 2. The molecular formula is C6H12N2O. The van der Waals surface area contributed by atoms with E-state index in [1.165, 1.54) is 12.8 Å². The van der Waals surface area contributed by atoms with Crippen molar-refractivity contribution in [2.75, 3.05) is 0 Å². The van der Waals surface area contributed by atoms with Crippen molar-refractivity contribution in [3.05, 3.63) is 0 Å². The van der Waals surface area contributed by atoms with Gasteiger partial charge in [-0.3, -0.25) is 10.2 Å². The summed E-state index contributed by atoms with van der Waals surface area (Å²) >= 11 is 0. The molecule has 3 heteroatoms. The summed E-state index contributed by atoms with van der Waals surface area (Å²) in [5, 5.41) is 0. The quantitative estimate of drug-likeness (QED) is 0.323. The molecule has 0 aromatic rings. The van der Waals surface area contributed by atoms with Crippen LogP contribution in [0.5, 0.6) is 0 Å². The van der Waals surface area contributed by atoms with Gasteiger partial charge >= 0.3 is 0 Å². The van der Waals surface area contributed by atoms with E-state index in [1.807, 2.05) is 0 Å². The van der Waals surface area contributed by atoms with Crippen molar-refractivity contribution in [3.8, 4) is 0 Å². The van der Waals surface area contributed by atoms with Gasteiger partial charge in [0.15, 0.2) is 0 Å². The van der Waals surface area contributed by atoms with Gasteiger partial charge in [-0.1, -0.05) is 12.8 Å². The third-order valence-electron chi connectivity index (χ3n) is 1.64. The van der Waals surface area contributed by atoms with Crippen molar-refractivity contribution in [2.24, 2.45) is 11.8 Å². The van der Waals surface area contributed by atoms with E-state index in [-0.39, 0.29) is 5.91 Å². The Kier molecular flexibility index (Phi) is 2.05. The van der Waals surface area contributed by atoms with Gasteiger partial charge in [0.2, 0.25) is 5.91 Å². The summed E-state index contributed by atoms with van der Waals surface area (Å²) in [7, 11) is 0. The predicted molar refractivity (Wildman–Crippen MR) is 34.3 cm³/mol. The molecule has 0 aromatic heterocycles. The standard InChI is InChI=1S/C6H12N2O/c7-8-6(9)4-3-5-1-2-5/h5H,1-4,7H2,(H,8,9). The van der Waals surface area contributed by atoms with E-state index in [0.29, 0.717) is 6.42 Å². The first-order chi connectivity index (χ1) is 4.33. The van der Waals surface area contributed by atoms with Gasteiger partial charge in [0.25, 0.3) is 0 Å². The molecule has 3 N–H and O–H groups in total. The first-order valence-electron chi connectivity index (χ1n) is 3.32. The normalized spacial score (nSPS) is 17.4. The summed E-state index contributed by atoms with van der Waals surface area (Å²) in [6.07, 6.45) is 4.22. The lowest BCUT2D eigenvalue weighted by Gasteiger charge is -1.95. The van der Waals surface area contributed by atoms with Crippen molar-refractivity contribution in [1.82, 2.24) is 5.43 Å². The number of rotatable bonds is 3. The average molecular weight is 128 g/mol. The molecule has 0 heterocycles. The zero-order chi connectivity index (χ0) is 6.69. The highest BCUT2D eigenvalue weighted by Crippen LogP contribution is 2.33. The average Bonchev–Trinajstić information content (AvgIpc) is 2.65. The summed E-state index contributed by atoms with van der Waals surface area (Å²) in [4.78, 5) is 10.5. The van der Waals surface area contributed by atoms with Crippen LogP contribution in [0, 0.1) is 5.92 Å². The number of carbonyl (C=O) groups excluding carboxylic acids is 1. The topological polar surface area (TPSA) is 55.1 Å². The van der Waals surface area contributed by atoms with Crippen LogP contribution >= 0.6 is 0 Å². The molecule has 0 spiro atoms. The third-order valence-corrected chi connectivity index (χ3v) is 1.64. The first kappa shape index (κ1) is 6.55. The Hall–Kier alpha value is -0.570. The van der Waals surface area contributed by atoms with E-state index in [1.54, 1.807) is 0 Å². The molecule has 1 aliphatic rings. The van der Waals surface area contributed by atoms with Crippen molar-refractivity contribution in [3.63, 3.8) is 0 Å². The zero-order valence-electron chi connectivity index (χ0n) is 5.39. The van der Waals surface area contributed by atoms with Crippen LogP contribution in [0.2, 0.25) is 0 Å². The SMILES string of the molecule is NNC(=O)CCC1CC1. The van der Waals surface area contributed by atoms with E-state index in [4.69, 9.17) is 5.84 Å². The predicted octanol–water partition coefficient (Wildman–Crippen LogP) is 0.166. The Balaban J connectivity index is 1.96. The minimum absolute atomic E-state index is 0.0399. The minimum atomic E-state index is -0.0399. The van der Waals surface area contributed by atoms with Gasteiger partial charge in [-0.25, -0.2) is 5.84 Å². The number of carbonyl (C=O) groups is 1. The second-order valence-corrected chi connectivity index (χ2v) is 2.55. The molecule has 1 aliphatic carbocycles. The lowest BCUT2D eigenvalue weighted by atomic mass is 10.2. The monoisotopic (exact) mass is 128 g/mol. The molecule has 1 amide bonds. The van der Waals surface area contributed by atoms with Crippen LogP contribution in [0.15, 0.2) is 0 Å². The number of nitrogens with two attached hydrogens (primary N) is 1. The van der Waals surface area contributed by atoms with Gasteiger partial charge in [-0.2, -0.15) is 0 Å². The molecule has 1 fully saturated rings. The summed E-state index contributed by atoms with van der Waals surface area (Å²) in [6, 6.07) is 0. The molecular weight excluding hydrogens is 116 g/mol. The van der Waals surface area contributed by atoms with Gasteiger partial charge in [0, 0.05) is 6.42 Å². The van der Waals surface area contributed by atoms with Crippen LogP contribution in [0.25, 0.3) is 0 Å². The number of hydrogen-bond donors (Lipinski definition) is 2. The van der Waals surface area contributed by atoms with E-state index in [2.05, 4.69) is 5.43 Å². The first-order valence-corrected chi connectivity index (χ1v) is 3.32. The van der Waals surface area contributed by atoms with Crippen LogP contribution < -0.4 is 11.3 Å². The minimum Gasteiger partial charge on any atom is -0.294 e. The second kappa shape index (κ2) is 2.82. The fourth-order valence-electron chi connectivity index (χ4n) is 0.814. The van der Waals surface area contributed by atoms with Crippen molar-refractivity contribution < 1.29 is 4.79 Å². The van der Waals surface area contributed by atoms with Crippen molar-refractivity contribution in [1.29, 1.82) is 0 Å². The van der Waals surface area contributed by atoms with Crippen LogP contribution in [-0.2, 0) is 4.79 Å². The van der Waals surface area contributed by atoms with Gasteiger partial charge in [-0.05, 0) is 12.3 Å². The Morgan fingerprint density at radius 3 is 2.78 bits per heavy atom. The molecule has 0 radical (unpaired) electrons. The van der Waals surface area contributed by atoms with E-state index >= 15 is 0 Å². The van der Waals surface area contributed by atoms with Crippen LogP contribution in [0.3, 0.4) is 0 Å². The number of hydrazine groups is 1. The second-order valence-electron chi connectivity index (χ2n) is 2.55. The van der Waals surface area contributed by atoms with E-state index < -0.39 is 0 Å². The van der Waals surface area contributed by atoms with Crippen molar-refractivity contribution in [2.45, 2.75) is 25.7 Å². The van der Waals surface area contributed by atoms with E-state index in [9.17, 15) is 4.79 Å². The molecule has 3 nitrogen and oxygen atoms in total. The Labute approximate surface area is 54.6 Å². The molecule has 1 rings (SSSR count). The molecule has 0 bridgehead atoms.